The highest BCUT2D eigenvalue weighted by molar-refractivity contribution is 7.92. The van der Waals surface area contributed by atoms with Gasteiger partial charge in [-0.1, -0.05) is 62.7 Å². The van der Waals surface area contributed by atoms with Crippen molar-refractivity contribution in [3.05, 3.63) is 64.2 Å². The molecule has 0 bridgehead atoms. The van der Waals surface area contributed by atoms with Crippen molar-refractivity contribution >= 4 is 39.2 Å². The van der Waals surface area contributed by atoms with Crippen LogP contribution in [0.3, 0.4) is 0 Å². The lowest BCUT2D eigenvalue weighted by Gasteiger charge is -2.23. The van der Waals surface area contributed by atoms with Crippen molar-refractivity contribution < 1.29 is 22.7 Å². The van der Waals surface area contributed by atoms with Gasteiger partial charge in [-0.15, -0.1) is 0 Å². The lowest BCUT2D eigenvalue weighted by molar-refractivity contribution is -0.154. The van der Waals surface area contributed by atoms with Crippen LogP contribution in [0, 0.1) is 11.3 Å². The van der Waals surface area contributed by atoms with E-state index in [1.54, 1.807) is 45.9 Å². The Labute approximate surface area is 232 Å². The van der Waals surface area contributed by atoms with Crippen LogP contribution >= 0.6 is 11.6 Å². The van der Waals surface area contributed by atoms with E-state index < -0.39 is 21.4 Å². The number of hydrogen-bond donors (Lipinski definition) is 2. The molecule has 0 saturated carbocycles. The Morgan fingerprint density at radius 1 is 1.00 bits per heavy atom. The quantitative estimate of drug-likeness (QED) is 0.362. The Morgan fingerprint density at radius 3 is 2.11 bits per heavy atom. The zero-order valence-electron chi connectivity index (χ0n) is 23.6. The minimum absolute atomic E-state index is 0.0479. The number of rotatable bonds is 10. The summed E-state index contributed by atoms with van der Waals surface area (Å²) >= 11 is 6.24. The number of halogens is 1. The SMILES string of the molecule is C[C@H](C(=O)NC[C@@H](COC(=O)C(C)(C)C)Cc1ccc(C(C)(C)C)cc1)c1ccc(NS(C)(=O)=O)c(Cl)c1. The molecule has 7 nitrogen and oxygen atoms in total. The van der Waals surface area contributed by atoms with Crippen LogP contribution in [-0.2, 0) is 36.2 Å². The molecule has 0 aliphatic carbocycles. The van der Waals surface area contributed by atoms with Gasteiger partial charge in [-0.2, -0.15) is 0 Å². The van der Waals surface area contributed by atoms with E-state index in [9.17, 15) is 18.0 Å². The number of esters is 1. The monoisotopic (exact) mass is 564 g/mol. The molecule has 210 valence electrons. The minimum atomic E-state index is -3.47. The molecule has 38 heavy (non-hydrogen) atoms. The molecule has 0 radical (unpaired) electrons. The summed E-state index contributed by atoms with van der Waals surface area (Å²) in [5.41, 5.74) is 2.66. The summed E-state index contributed by atoms with van der Waals surface area (Å²) in [5.74, 6) is -1.14. The maximum atomic E-state index is 13.0. The number of carbonyl (C=O) groups excluding carboxylic acids is 2. The summed E-state index contributed by atoms with van der Waals surface area (Å²) < 4.78 is 31.0. The number of benzene rings is 2. The Hall–Kier alpha value is -2.58. The van der Waals surface area contributed by atoms with Crippen molar-refractivity contribution in [1.29, 1.82) is 0 Å². The van der Waals surface area contributed by atoms with Gasteiger partial charge >= 0.3 is 5.97 Å². The Morgan fingerprint density at radius 2 is 1.61 bits per heavy atom. The number of sulfonamides is 1. The lowest BCUT2D eigenvalue weighted by Crippen LogP contribution is -2.36. The molecule has 0 aliphatic rings. The first-order valence-corrected chi connectivity index (χ1v) is 15.0. The van der Waals surface area contributed by atoms with Gasteiger partial charge in [-0.3, -0.25) is 14.3 Å². The molecular formula is C29H41ClN2O5S. The minimum Gasteiger partial charge on any atom is -0.465 e. The summed E-state index contributed by atoms with van der Waals surface area (Å²) in [7, 11) is -3.47. The van der Waals surface area contributed by atoms with Crippen LogP contribution in [0.2, 0.25) is 5.02 Å². The van der Waals surface area contributed by atoms with Crippen LogP contribution in [0.25, 0.3) is 0 Å². The predicted octanol–water partition coefficient (Wildman–Crippen LogP) is 5.68. The van der Waals surface area contributed by atoms with E-state index in [4.69, 9.17) is 16.3 Å². The van der Waals surface area contributed by atoms with Crippen molar-refractivity contribution in [3.8, 4) is 0 Å². The molecule has 2 rings (SSSR count). The highest BCUT2D eigenvalue weighted by Gasteiger charge is 2.25. The van der Waals surface area contributed by atoms with Crippen LogP contribution in [0.4, 0.5) is 5.69 Å². The van der Waals surface area contributed by atoms with Gasteiger partial charge in [0.2, 0.25) is 15.9 Å². The highest BCUT2D eigenvalue weighted by atomic mass is 35.5. The van der Waals surface area contributed by atoms with Gasteiger partial charge in [0.05, 0.1) is 34.9 Å². The normalized spacial score (nSPS) is 13.9. The molecule has 2 atom stereocenters. The first-order chi connectivity index (χ1) is 17.4. The van der Waals surface area contributed by atoms with Crippen molar-refractivity contribution in [2.75, 3.05) is 24.1 Å². The average Bonchev–Trinajstić information content (AvgIpc) is 2.79. The molecule has 9 heteroatoms. The van der Waals surface area contributed by atoms with Crippen LogP contribution in [0.15, 0.2) is 42.5 Å². The molecule has 2 aromatic rings. The van der Waals surface area contributed by atoms with Crippen molar-refractivity contribution in [1.82, 2.24) is 5.32 Å². The molecule has 0 spiro atoms. The molecule has 1 amide bonds. The number of anilines is 1. The van der Waals surface area contributed by atoms with Crippen molar-refractivity contribution in [2.24, 2.45) is 11.3 Å². The van der Waals surface area contributed by atoms with Gasteiger partial charge in [0.1, 0.15) is 0 Å². The van der Waals surface area contributed by atoms with E-state index in [0.717, 1.165) is 11.8 Å². The van der Waals surface area contributed by atoms with Gasteiger partial charge in [0.15, 0.2) is 0 Å². The van der Waals surface area contributed by atoms with E-state index in [1.165, 1.54) is 5.56 Å². The summed E-state index contributed by atoms with van der Waals surface area (Å²) in [5, 5.41) is 3.19. The molecule has 0 fully saturated rings. The topological polar surface area (TPSA) is 102 Å². The van der Waals surface area contributed by atoms with E-state index in [1.807, 2.05) is 0 Å². The number of nitrogens with one attached hydrogen (secondary N) is 2. The summed E-state index contributed by atoms with van der Waals surface area (Å²) in [6.07, 6.45) is 1.68. The Bertz CT molecular complexity index is 1230. The summed E-state index contributed by atoms with van der Waals surface area (Å²) in [6, 6.07) is 13.2. The molecular weight excluding hydrogens is 524 g/mol. The largest absolute Gasteiger partial charge is 0.465 e. The van der Waals surface area contributed by atoms with Crippen LogP contribution in [0.5, 0.6) is 0 Å². The van der Waals surface area contributed by atoms with E-state index >= 15 is 0 Å². The van der Waals surface area contributed by atoms with Crippen molar-refractivity contribution in [3.63, 3.8) is 0 Å². The fourth-order valence-electron chi connectivity index (χ4n) is 3.71. The van der Waals surface area contributed by atoms with Gasteiger partial charge < -0.3 is 10.1 Å². The number of hydrogen-bond acceptors (Lipinski definition) is 5. The fourth-order valence-corrected chi connectivity index (χ4v) is 4.58. The van der Waals surface area contributed by atoms with Crippen LogP contribution < -0.4 is 10.0 Å². The van der Waals surface area contributed by atoms with Crippen LogP contribution in [0.1, 0.15) is 71.1 Å². The maximum Gasteiger partial charge on any atom is 0.311 e. The third-order valence-corrected chi connectivity index (χ3v) is 7.06. The second-order valence-electron chi connectivity index (χ2n) is 11.9. The zero-order chi connectivity index (χ0) is 28.9. The molecule has 2 N–H and O–H groups in total. The van der Waals surface area contributed by atoms with Crippen LogP contribution in [-0.4, -0.2) is 39.7 Å². The second-order valence-corrected chi connectivity index (χ2v) is 14.1. The first kappa shape index (κ1) is 31.6. The standard InChI is InChI=1S/C29H41ClN2O5S/c1-19(22-11-14-25(24(30)16-22)32-38(8,35)36)26(33)31-17-21(18-37-27(34)29(5,6)7)15-20-9-12-23(13-10-20)28(2,3)4/h9-14,16,19,21,32H,15,17-18H2,1-8H3,(H,31,33)/t19-,21-/m0/s1. The van der Waals surface area contributed by atoms with Gasteiger partial charge in [-0.05, 0) is 68.4 Å². The predicted molar refractivity (Wildman–Crippen MR) is 154 cm³/mol. The third kappa shape index (κ3) is 9.95. The Balaban J connectivity index is 2.12. The van der Waals surface area contributed by atoms with E-state index in [0.29, 0.717) is 18.5 Å². The molecule has 0 heterocycles. The average molecular weight is 565 g/mol. The van der Waals surface area contributed by atoms with Gasteiger partial charge in [-0.25, -0.2) is 8.42 Å². The maximum absolute atomic E-state index is 13.0. The molecule has 0 aromatic heterocycles. The van der Waals surface area contributed by atoms with Crippen molar-refractivity contribution in [2.45, 2.75) is 66.2 Å². The molecule has 2 aromatic carbocycles. The second kappa shape index (κ2) is 12.5. The molecule has 0 unspecified atom stereocenters. The summed E-state index contributed by atoms with van der Waals surface area (Å²) in [4.78, 5) is 25.4. The van der Waals surface area contributed by atoms with E-state index in [2.05, 4.69) is 55.1 Å². The lowest BCUT2D eigenvalue weighted by atomic mass is 9.86. The fraction of sp³-hybridized carbons (Fsp3) is 0.517. The van der Waals surface area contributed by atoms with Gasteiger partial charge in [0, 0.05) is 12.5 Å². The number of ether oxygens (including phenoxy) is 1. The number of carbonyl (C=O) groups is 2. The Kier molecular flexibility index (Phi) is 10.4. The summed E-state index contributed by atoms with van der Waals surface area (Å²) in [6.45, 7) is 14.2. The smallest absolute Gasteiger partial charge is 0.311 e. The highest BCUT2D eigenvalue weighted by Crippen LogP contribution is 2.28. The zero-order valence-corrected chi connectivity index (χ0v) is 25.2. The molecule has 0 aliphatic heterocycles. The van der Waals surface area contributed by atoms with E-state index in [-0.39, 0.29) is 40.5 Å². The van der Waals surface area contributed by atoms with Gasteiger partial charge in [0.25, 0.3) is 0 Å². The number of amides is 1. The molecule has 0 saturated heterocycles. The third-order valence-electron chi connectivity index (χ3n) is 6.15. The first-order valence-electron chi connectivity index (χ1n) is 12.7.